The maximum Gasteiger partial charge on any atom is 0.269 e. The number of fused-ring (bicyclic) bond motifs is 1. The number of hydrogen-bond acceptors (Lipinski definition) is 4. The molecule has 2 aromatic carbocycles. The third-order valence-corrected chi connectivity index (χ3v) is 4.42. The van der Waals surface area contributed by atoms with Gasteiger partial charge in [0.15, 0.2) is 11.5 Å². The Bertz CT molecular complexity index is 759. The Morgan fingerprint density at radius 2 is 1.76 bits per heavy atom. The van der Waals surface area contributed by atoms with Crippen LogP contribution < -0.4 is 14.8 Å². The van der Waals surface area contributed by atoms with Crippen molar-refractivity contribution < 1.29 is 19.7 Å². The molecule has 2 aromatic rings. The number of quaternary nitrogens is 1. The van der Waals surface area contributed by atoms with Crippen molar-refractivity contribution in [2.75, 3.05) is 19.8 Å². The van der Waals surface area contributed by atoms with Crippen LogP contribution in [0.2, 0.25) is 0 Å². The zero-order chi connectivity index (χ0) is 17.8. The van der Waals surface area contributed by atoms with Gasteiger partial charge in [-0.2, -0.15) is 0 Å². The average Bonchev–Trinajstić information content (AvgIpc) is 2.62. The SMILES string of the molecule is CCOc1cc2c(cc1OCC)[C@@H](c1ccc([N+](=O)[O-])cc1)[NH2+]CC2. The van der Waals surface area contributed by atoms with Gasteiger partial charge in [-0.3, -0.25) is 10.1 Å². The monoisotopic (exact) mass is 343 g/mol. The summed E-state index contributed by atoms with van der Waals surface area (Å²) in [7, 11) is 0. The summed E-state index contributed by atoms with van der Waals surface area (Å²) in [5.41, 5.74) is 3.60. The van der Waals surface area contributed by atoms with Crippen molar-refractivity contribution in [1.29, 1.82) is 0 Å². The molecule has 0 radical (unpaired) electrons. The van der Waals surface area contributed by atoms with Crippen molar-refractivity contribution in [2.24, 2.45) is 0 Å². The van der Waals surface area contributed by atoms with Crippen LogP contribution in [0, 0.1) is 10.1 Å². The molecule has 0 aliphatic carbocycles. The van der Waals surface area contributed by atoms with E-state index in [1.165, 1.54) is 11.1 Å². The van der Waals surface area contributed by atoms with Gasteiger partial charge in [0.1, 0.15) is 6.04 Å². The van der Waals surface area contributed by atoms with E-state index in [1.807, 2.05) is 26.0 Å². The predicted molar refractivity (Wildman–Crippen MR) is 94.2 cm³/mol. The first-order chi connectivity index (χ1) is 12.1. The van der Waals surface area contributed by atoms with Gasteiger partial charge in [0.2, 0.25) is 0 Å². The van der Waals surface area contributed by atoms with Crippen molar-refractivity contribution in [3.63, 3.8) is 0 Å². The highest BCUT2D eigenvalue weighted by atomic mass is 16.6. The summed E-state index contributed by atoms with van der Waals surface area (Å²) in [4.78, 5) is 10.5. The van der Waals surface area contributed by atoms with E-state index in [4.69, 9.17) is 9.47 Å². The lowest BCUT2D eigenvalue weighted by atomic mass is 9.89. The second kappa shape index (κ2) is 7.53. The van der Waals surface area contributed by atoms with Crippen molar-refractivity contribution in [2.45, 2.75) is 26.3 Å². The molecule has 6 nitrogen and oxygen atoms in total. The Kier molecular flexibility index (Phi) is 5.19. The normalized spacial score (nSPS) is 16.2. The van der Waals surface area contributed by atoms with Crippen LogP contribution in [0.25, 0.3) is 0 Å². The van der Waals surface area contributed by atoms with Gasteiger partial charge in [-0.15, -0.1) is 0 Å². The number of rotatable bonds is 6. The third-order valence-electron chi connectivity index (χ3n) is 4.42. The molecule has 6 heteroatoms. The summed E-state index contributed by atoms with van der Waals surface area (Å²) < 4.78 is 11.5. The van der Waals surface area contributed by atoms with E-state index in [0.29, 0.717) is 13.2 Å². The largest absolute Gasteiger partial charge is 0.490 e. The minimum Gasteiger partial charge on any atom is -0.490 e. The number of nitrogens with zero attached hydrogens (tertiary/aromatic N) is 1. The van der Waals surface area contributed by atoms with Crippen LogP contribution in [0.1, 0.15) is 36.6 Å². The summed E-state index contributed by atoms with van der Waals surface area (Å²) in [5, 5.41) is 13.1. The van der Waals surface area contributed by atoms with Crippen molar-refractivity contribution in [3.8, 4) is 11.5 Å². The number of benzene rings is 2. The molecule has 2 N–H and O–H groups in total. The number of nitrogens with two attached hydrogens (primary N) is 1. The fourth-order valence-electron chi connectivity index (χ4n) is 3.31. The standard InChI is InChI=1S/C19H22N2O4/c1-3-24-17-11-14-9-10-20-19(16(14)12-18(17)25-4-2)13-5-7-15(8-6-13)21(22)23/h5-8,11-12,19-20H,3-4,9-10H2,1-2H3/p+1/t19-/m1/s1. The quantitative estimate of drug-likeness (QED) is 0.646. The van der Waals surface area contributed by atoms with E-state index in [1.54, 1.807) is 12.1 Å². The maximum absolute atomic E-state index is 10.9. The molecule has 1 aliphatic heterocycles. The molecule has 0 saturated carbocycles. The molecular weight excluding hydrogens is 320 g/mol. The zero-order valence-corrected chi connectivity index (χ0v) is 14.5. The van der Waals surface area contributed by atoms with Crippen LogP contribution in [0.5, 0.6) is 11.5 Å². The van der Waals surface area contributed by atoms with Gasteiger partial charge in [0.05, 0.1) is 24.7 Å². The van der Waals surface area contributed by atoms with Crippen LogP contribution >= 0.6 is 0 Å². The molecule has 0 saturated heterocycles. The molecule has 0 amide bonds. The first-order valence-electron chi connectivity index (χ1n) is 8.64. The maximum atomic E-state index is 10.9. The van der Waals surface area contributed by atoms with Crippen LogP contribution in [0.3, 0.4) is 0 Å². The molecule has 0 fully saturated rings. The van der Waals surface area contributed by atoms with E-state index < -0.39 is 0 Å². The predicted octanol–water partition coefficient (Wildman–Crippen LogP) is 2.60. The highest BCUT2D eigenvalue weighted by Gasteiger charge is 2.27. The number of hydrogen-bond donors (Lipinski definition) is 1. The molecule has 0 spiro atoms. The lowest BCUT2D eigenvalue weighted by Gasteiger charge is -2.26. The summed E-state index contributed by atoms with van der Waals surface area (Å²) in [6.45, 7) is 6.05. The lowest BCUT2D eigenvalue weighted by Crippen LogP contribution is -2.87. The lowest BCUT2D eigenvalue weighted by molar-refractivity contribution is -0.690. The average molecular weight is 343 g/mol. The van der Waals surface area contributed by atoms with E-state index in [9.17, 15) is 10.1 Å². The van der Waals surface area contributed by atoms with Crippen LogP contribution in [0.4, 0.5) is 5.69 Å². The number of non-ortho nitro benzene ring substituents is 1. The van der Waals surface area contributed by atoms with E-state index in [0.717, 1.165) is 30.0 Å². The van der Waals surface area contributed by atoms with Crippen LogP contribution in [-0.2, 0) is 6.42 Å². The Labute approximate surface area is 146 Å². The second-order valence-corrected chi connectivity index (χ2v) is 5.96. The molecule has 132 valence electrons. The molecule has 1 atom stereocenters. The summed E-state index contributed by atoms with van der Waals surface area (Å²) in [5.74, 6) is 1.54. The molecule has 1 heterocycles. The van der Waals surface area contributed by atoms with Crippen LogP contribution in [-0.4, -0.2) is 24.7 Å². The fraction of sp³-hybridized carbons (Fsp3) is 0.368. The van der Waals surface area contributed by atoms with Crippen molar-refractivity contribution in [1.82, 2.24) is 0 Å². The van der Waals surface area contributed by atoms with E-state index >= 15 is 0 Å². The Morgan fingerprint density at radius 1 is 1.12 bits per heavy atom. The molecule has 0 aromatic heterocycles. The van der Waals surface area contributed by atoms with Gasteiger partial charge in [-0.05, 0) is 43.7 Å². The molecule has 0 bridgehead atoms. The summed E-state index contributed by atoms with van der Waals surface area (Å²) in [6, 6.07) is 11.1. The highest BCUT2D eigenvalue weighted by Crippen LogP contribution is 2.36. The van der Waals surface area contributed by atoms with E-state index in [2.05, 4.69) is 17.4 Å². The van der Waals surface area contributed by atoms with Crippen molar-refractivity contribution in [3.05, 3.63) is 63.2 Å². The van der Waals surface area contributed by atoms with Gasteiger partial charge >= 0.3 is 0 Å². The van der Waals surface area contributed by atoms with E-state index in [-0.39, 0.29) is 16.7 Å². The van der Waals surface area contributed by atoms with Gasteiger partial charge in [-0.1, -0.05) is 0 Å². The zero-order valence-electron chi connectivity index (χ0n) is 14.5. The topological polar surface area (TPSA) is 78.2 Å². The second-order valence-electron chi connectivity index (χ2n) is 5.96. The molecule has 1 aliphatic rings. The minimum atomic E-state index is -0.371. The Balaban J connectivity index is 2.00. The smallest absolute Gasteiger partial charge is 0.269 e. The van der Waals surface area contributed by atoms with Crippen molar-refractivity contribution >= 4 is 5.69 Å². The Hall–Kier alpha value is -2.60. The fourth-order valence-corrected chi connectivity index (χ4v) is 3.31. The van der Waals surface area contributed by atoms with Gasteiger partial charge < -0.3 is 14.8 Å². The third kappa shape index (κ3) is 3.58. The highest BCUT2D eigenvalue weighted by molar-refractivity contribution is 5.51. The molecular formula is C19H23N2O4+. The number of ether oxygens (including phenoxy) is 2. The molecule has 0 unspecified atom stereocenters. The summed E-state index contributed by atoms with van der Waals surface area (Å²) in [6.07, 6.45) is 0.964. The minimum absolute atomic E-state index is 0.111. The molecule has 25 heavy (non-hydrogen) atoms. The summed E-state index contributed by atoms with van der Waals surface area (Å²) >= 11 is 0. The van der Waals surface area contributed by atoms with Gasteiger partial charge in [-0.25, -0.2) is 0 Å². The van der Waals surface area contributed by atoms with Crippen LogP contribution in [0.15, 0.2) is 36.4 Å². The first-order valence-corrected chi connectivity index (χ1v) is 8.64. The van der Waals surface area contributed by atoms with Gasteiger partial charge in [0.25, 0.3) is 5.69 Å². The number of nitro groups is 1. The first kappa shape index (κ1) is 17.2. The molecule has 3 rings (SSSR count). The van der Waals surface area contributed by atoms with Gasteiger partial charge in [0, 0.05) is 29.7 Å². The number of nitro benzene ring substituents is 1. The Morgan fingerprint density at radius 3 is 2.36 bits per heavy atom.